The van der Waals surface area contributed by atoms with Gasteiger partial charge in [-0.05, 0) is 6.42 Å². The lowest BCUT2D eigenvalue weighted by molar-refractivity contribution is -0.135. The summed E-state index contributed by atoms with van der Waals surface area (Å²) in [5.41, 5.74) is 5.89. The lowest BCUT2D eigenvalue weighted by Crippen LogP contribution is -2.31. The second-order valence-electron chi connectivity index (χ2n) is 3.59. The number of nitrogens with two attached hydrogens (primary N) is 1. The molecule has 1 aromatic rings. The number of nitrogens with one attached hydrogen (secondary N) is 1. The number of rotatable bonds is 3. The van der Waals surface area contributed by atoms with Crippen LogP contribution in [0.3, 0.4) is 0 Å². The fourth-order valence-electron chi connectivity index (χ4n) is 1.83. The van der Waals surface area contributed by atoms with Crippen LogP contribution < -0.4 is 11.1 Å². The molecule has 16 heavy (non-hydrogen) atoms. The van der Waals surface area contributed by atoms with Gasteiger partial charge < -0.3 is 20.7 Å². The molecule has 0 bridgehead atoms. The third-order valence-corrected chi connectivity index (χ3v) is 2.47. The van der Waals surface area contributed by atoms with Crippen molar-refractivity contribution < 1.29 is 14.7 Å². The molecule has 0 aromatic carbocycles. The van der Waals surface area contributed by atoms with Gasteiger partial charge in [0.2, 0.25) is 0 Å². The van der Waals surface area contributed by atoms with Crippen molar-refractivity contribution in [3.05, 3.63) is 11.5 Å². The molecule has 0 saturated heterocycles. The monoisotopic (exact) mass is 224 g/mol. The molecule has 0 radical (unpaired) electrons. The molecule has 0 spiro atoms. The largest absolute Gasteiger partial charge is 0.480 e. The number of aliphatic carboxylic acids is 1. The highest BCUT2D eigenvalue weighted by molar-refractivity contribution is 5.98. The normalized spacial score (nSPS) is 13.5. The molecule has 4 N–H and O–H groups in total. The van der Waals surface area contributed by atoms with Crippen molar-refractivity contribution in [1.82, 2.24) is 14.9 Å². The van der Waals surface area contributed by atoms with E-state index < -0.39 is 18.4 Å². The van der Waals surface area contributed by atoms with E-state index in [2.05, 4.69) is 10.3 Å². The van der Waals surface area contributed by atoms with Crippen molar-refractivity contribution in [2.24, 2.45) is 0 Å². The summed E-state index contributed by atoms with van der Waals surface area (Å²) in [5.74, 6) is -0.621. The van der Waals surface area contributed by atoms with Crippen LogP contribution in [0.2, 0.25) is 0 Å². The van der Waals surface area contributed by atoms with Crippen LogP contribution in [0.25, 0.3) is 0 Å². The van der Waals surface area contributed by atoms with E-state index in [4.69, 9.17) is 10.8 Å². The number of aryl methyl sites for hydroxylation is 1. The van der Waals surface area contributed by atoms with E-state index in [9.17, 15) is 9.59 Å². The summed E-state index contributed by atoms with van der Waals surface area (Å²) in [6, 6.07) is 0. The van der Waals surface area contributed by atoms with Crippen LogP contribution >= 0.6 is 0 Å². The number of aromatic nitrogens is 2. The van der Waals surface area contributed by atoms with Gasteiger partial charge in [0.05, 0.1) is 0 Å². The van der Waals surface area contributed by atoms with Crippen LogP contribution in [0.5, 0.6) is 0 Å². The third kappa shape index (κ3) is 1.71. The Morgan fingerprint density at radius 1 is 1.56 bits per heavy atom. The molecule has 0 aliphatic carbocycles. The Hall–Kier alpha value is -2.05. The first kappa shape index (κ1) is 10.5. The van der Waals surface area contributed by atoms with Gasteiger partial charge >= 0.3 is 5.97 Å². The van der Waals surface area contributed by atoms with Crippen LogP contribution in [0, 0.1) is 0 Å². The number of carboxylic acids is 1. The van der Waals surface area contributed by atoms with Gasteiger partial charge in [0.1, 0.15) is 12.4 Å². The molecule has 0 atom stereocenters. The van der Waals surface area contributed by atoms with Gasteiger partial charge in [-0.1, -0.05) is 0 Å². The zero-order valence-corrected chi connectivity index (χ0v) is 8.56. The van der Waals surface area contributed by atoms with Gasteiger partial charge in [-0.15, -0.1) is 0 Å². The number of nitrogen functional groups attached to an aromatic ring is 1. The summed E-state index contributed by atoms with van der Waals surface area (Å²) in [4.78, 5) is 26.1. The number of imidazole rings is 1. The fourth-order valence-corrected chi connectivity index (χ4v) is 1.83. The van der Waals surface area contributed by atoms with E-state index in [0.29, 0.717) is 6.54 Å². The summed E-state index contributed by atoms with van der Waals surface area (Å²) in [6.07, 6.45) is 1.73. The minimum Gasteiger partial charge on any atom is -0.480 e. The van der Waals surface area contributed by atoms with Crippen molar-refractivity contribution >= 4 is 17.7 Å². The number of carbonyl (C=O) groups is 2. The average molecular weight is 224 g/mol. The van der Waals surface area contributed by atoms with Crippen molar-refractivity contribution in [3.63, 3.8) is 0 Å². The van der Waals surface area contributed by atoms with E-state index in [1.54, 1.807) is 4.57 Å². The predicted octanol–water partition coefficient (Wildman–Crippen LogP) is -0.774. The van der Waals surface area contributed by atoms with Gasteiger partial charge in [0.25, 0.3) is 5.91 Å². The highest BCUT2D eigenvalue weighted by Gasteiger charge is 2.24. The maximum atomic E-state index is 11.7. The number of hydrogen-bond donors (Lipinski definition) is 3. The molecule has 1 aliphatic heterocycles. The van der Waals surface area contributed by atoms with Crippen molar-refractivity contribution in [1.29, 1.82) is 0 Å². The first-order chi connectivity index (χ1) is 7.59. The predicted molar refractivity (Wildman–Crippen MR) is 54.9 cm³/mol. The molecule has 2 heterocycles. The molecular formula is C9H12N4O3. The molecule has 7 heteroatoms. The number of fused-ring (bicyclic) bond motifs is 1. The van der Waals surface area contributed by atoms with Crippen LogP contribution in [0.4, 0.5) is 5.82 Å². The molecule has 0 fully saturated rings. The van der Waals surface area contributed by atoms with Gasteiger partial charge in [0.15, 0.2) is 11.5 Å². The Morgan fingerprint density at radius 2 is 2.31 bits per heavy atom. The van der Waals surface area contributed by atoms with Crippen LogP contribution in [-0.4, -0.2) is 33.1 Å². The van der Waals surface area contributed by atoms with E-state index >= 15 is 0 Å². The highest BCUT2D eigenvalue weighted by atomic mass is 16.4. The molecule has 2 rings (SSSR count). The summed E-state index contributed by atoms with van der Waals surface area (Å²) in [7, 11) is 0. The Bertz CT molecular complexity index is 452. The smallest absolute Gasteiger partial charge is 0.322 e. The molecular weight excluding hydrogens is 212 g/mol. The molecule has 1 aliphatic rings. The summed E-state index contributed by atoms with van der Waals surface area (Å²) in [5, 5.41) is 10.7. The SMILES string of the molecule is Nc1nc2n(c1C(=O)NCC(=O)O)CCC2. The zero-order chi connectivity index (χ0) is 11.7. The van der Waals surface area contributed by atoms with Gasteiger partial charge in [-0.2, -0.15) is 0 Å². The van der Waals surface area contributed by atoms with Crippen molar-refractivity contribution in [2.45, 2.75) is 19.4 Å². The third-order valence-electron chi connectivity index (χ3n) is 2.47. The number of carbonyl (C=O) groups excluding carboxylic acids is 1. The topological polar surface area (TPSA) is 110 Å². The highest BCUT2D eigenvalue weighted by Crippen LogP contribution is 2.21. The number of anilines is 1. The Labute approximate surface area is 91.3 Å². The Morgan fingerprint density at radius 3 is 3.00 bits per heavy atom. The quantitative estimate of drug-likeness (QED) is 0.624. The Balaban J connectivity index is 2.20. The van der Waals surface area contributed by atoms with Crippen molar-refractivity contribution in [2.75, 3.05) is 12.3 Å². The molecule has 7 nitrogen and oxygen atoms in total. The van der Waals surface area contributed by atoms with E-state index in [-0.39, 0.29) is 11.5 Å². The van der Waals surface area contributed by atoms with Crippen LogP contribution in [0.15, 0.2) is 0 Å². The molecule has 0 saturated carbocycles. The lowest BCUT2D eigenvalue weighted by Gasteiger charge is -2.05. The average Bonchev–Trinajstić information content (AvgIpc) is 2.73. The molecule has 0 unspecified atom stereocenters. The van der Waals surface area contributed by atoms with E-state index in [0.717, 1.165) is 18.7 Å². The minimum absolute atomic E-state index is 0.164. The standard InChI is InChI=1S/C9H12N4O3/c10-8-7(9(16)11-4-6(14)15)13-3-1-2-5(13)12-8/h1-4,10H2,(H,11,16)(H,14,15). The molecule has 86 valence electrons. The summed E-state index contributed by atoms with van der Waals surface area (Å²) in [6.45, 7) is 0.286. The van der Waals surface area contributed by atoms with Gasteiger partial charge in [-0.25, -0.2) is 4.98 Å². The number of amides is 1. The minimum atomic E-state index is -1.09. The first-order valence-electron chi connectivity index (χ1n) is 4.94. The van der Waals surface area contributed by atoms with Crippen LogP contribution in [0.1, 0.15) is 22.7 Å². The number of carboxylic acid groups (broad SMARTS) is 1. The van der Waals surface area contributed by atoms with Gasteiger partial charge in [0, 0.05) is 13.0 Å². The number of nitrogens with zero attached hydrogens (tertiary/aromatic N) is 2. The second-order valence-corrected chi connectivity index (χ2v) is 3.59. The fraction of sp³-hybridized carbons (Fsp3) is 0.444. The zero-order valence-electron chi connectivity index (χ0n) is 8.56. The summed E-state index contributed by atoms with van der Waals surface area (Å²) >= 11 is 0. The van der Waals surface area contributed by atoms with E-state index in [1.807, 2.05) is 0 Å². The summed E-state index contributed by atoms with van der Waals surface area (Å²) < 4.78 is 1.74. The molecule has 1 amide bonds. The molecule has 1 aromatic heterocycles. The van der Waals surface area contributed by atoms with Gasteiger partial charge in [-0.3, -0.25) is 9.59 Å². The van der Waals surface area contributed by atoms with E-state index in [1.165, 1.54) is 0 Å². The van der Waals surface area contributed by atoms with Crippen LogP contribution in [-0.2, 0) is 17.8 Å². The number of hydrogen-bond acceptors (Lipinski definition) is 4. The lowest BCUT2D eigenvalue weighted by atomic mass is 10.3. The van der Waals surface area contributed by atoms with Crippen molar-refractivity contribution in [3.8, 4) is 0 Å². The maximum Gasteiger partial charge on any atom is 0.322 e. The second kappa shape index (κ2) is 3.84. The Kier molecular flexibility index (Phi) is 2.51. The maximum absolute atomic E-state index is 11.7. The first-order valence-corrected chi connectivity index (χ1v) is 4.94.